The summed E-state index contributed by atoms with van der Waals surface area (Å²) in [4.78, 5) is 28.1. The van der Waals surface area contributed by atoms with Gasteiger partial charge in [-0.05, 0) is 62.4 Å². The number of ether oxygens (including phenoxy) is 2. The van der Waals surface area contributed by atoms with Crippen LogP contribution in [0.5, 0.6) is 0 Å². The molecule has 1 aromatic carbocycles. The average molecular weight is 493 g/mol. The Morgan fingerprint density at radius 1 is 1.21 bits per heavy atom. The molecule has 7 nitrogen and oxygen atoms in total. The van der Waals surface area contributed by atoms with Crippen molar-refractivity contribution in [1.29, 1.82) is 0 Å². The molecule has 2 amide bonds. The Morgan fingerprint density at radius 2 is 1.94 bits per heavy atom. The van der Waals surface area contributed by atoms with Crippen LogP contribution in [-0.4, -0.2) is 75.0 Å². The molecule has 3 heterocycles. The van der Waals surface area contributed by atoms with Gasteiger partial charge < -0.3 is 23.6 Å². The molecule has 0 spiro atoms. The van der Waals surface area contributed by atoms with E-state index in [1.54, 1.807) is 22.9 Å². The highest BCUT2D eigenvalue weighted by atomic mass is 28.4. The number of amides is 2. The molecule has 3 fully saturated rings. The van der Waals surface area contributed by atoms with E-state index in [-0.39, 0.29) is 48.6 Å². The van der Waals surface area contributed by atoms with Crippen molar-refractivity contribution in [2.75, 3.05) is 31.2 Å². The molecular formula is C25H37FN2O5Si. The molecule has 3 aliphatic heterocycles. The van der Waals surface area contributed by atoms with Gasteiger partial charge in [-0.1, -0.05) is 19.1 Å². The monoisotopic (exact) mass is 492 g/mol. The van der Waals surface area contributed by atoms with E-state index in [0.29, 0.717) is 19.7 Å². The number of carbonyl (C=O) groups excluding carboxylic acids is 2. The number of aliphatic hydroxyl groups is 1. The fourth-order valence-corrected chi connectivity index (χ4v) is 8.54. The van der Waals surface area contributed by atoms with Gasteiger partial charge in [0.25, 0.3) is 0 Å². The standard InChI is InChI=1S/C25H37FN2O5Si/c1-17-21(11-8-18-6-9-19(10-7-18)28-13-14-32-25(28)31)33-22(24(17)34(2,3)26)15-23(30)27-12-4-5-20(27)16-29/h6-7,9-10,17,20-22,24,29H,4-5,8,11-16H2,1-3H3/t17-,20+,21+,22-,24+/m1/s1. The topological polar surface area (TPSA) is 79.3 Å². The molecule has 3 saturated heterocycles. The van der Waals surface area contributed by atoms with Gasteiger partial charge in [0, 0.05) is 17.8 Å². The highest BCUT2D eigenvalue weighted by molar-refractivity contribution is 6.72. The maximum Gasteiger partial charge on any atom is 0.414 e. The molecule has 3 aliphatic rings. The second kappa shape index (κ2) is 10.3. The normalized spacial score (nSPS) is 29.7. The number of hydrogen-bond acceptors (Lipinski definition) is 5. The van der Waals surface area contributed by atoms with Crippen molar-refractivity contribution in [3.63, 3.8) is 0 Å². The minimum Gasteiger partial charge on any atom is -0.447 e. The molecule has 188 valence electrons. The minimum atomic E-state index is -3.06. The molecule has 0 aliphatic carbocycles. The molecule has 4 rings (SSSR count). The first-order valence-corrected chi connectivity index (χ1v) is 15.4. The van der Waals surface area contributed by atoms with E-state index in [2.05, 4.69) is 6.92 Å². The van der Waals surface area contributed by atoms with Gasteiger partial charge in [-0.2, -0.15) is 0 Å². The number of carbonyl (C=O) groups is 2. The highest BCUT2D eigenvalue weighted by Crippen LogP contribution is 2.47. The molecular weight excluding hydrogens is 455 g/mol. The van der Waals surface area contributed by atoms with Crippen LogP contribution >= 0.6 is 0 Å². The number of likely N-dealkylation sites (tertiary alicyclic amines) is 1. The molecule has 34 heavy (non-hydrogen) atoms. The maximum atomic E-state index is 15.4. The van der Waals surface area contributed by atoms with Gasteiger partial charge in [-0.15, -0.1) is 0 Å². The fraction of sp³-hybridized carbons (Fsp3) is 0.680. The number of aryl methyl sites for hydroxylation is 1. The first-order valence-electron chi connectivity index (χ1n) is 12.5. The second-order valence-corrected chi connectivity index (χ2v) is 14.2. The van der Waals surface area contributed by atoms with Crippen LogP contribution < -0.4 is 4.90 Å². The lowest BCUT2D eigenvalue weighted by molar-refractivity contribution is -0.135. The molecule has 0 aromatic heterocycles. The number of nitrogens with zero attached hydrogens (tertiary/aromatic N) is 2. The highest BCUT2D eigenvalue weighted by Gasteiger charge is 2.52. The van der Waals surface area contributed by atoms with Gasteiger partial charge in [-0.3, -0.25) is 9.69 Å². The quantitative estimate of drug-likeness (QED) is 0.440. The Bertz CT molecular complexity index is 877. The number of rotatable bonds is 8. The van der Waals surface area contributed by atoms with E-state index in [0.717, 1.165) is 36.9 Å². The van der Waals surface area contributed by atoms with Crippen LogP contribution in [-0.2, 0) is 20.7 Å². The van der Waals surface area contributed by atoms with E-state index < -0.39 is 14.5 Å². The van der Waals surface area contributed by atoms with E-state index in [1.807, 2.05) is 24.3 Å². The molecule has 5 atom stereocenters. The Kier molecular flexibility index (Phi) is 7.64. The lowest BCUT2D eigenvalue weighted by Gasteiger charge is -2.30. The third-order valence-corrected chi connectivity index (χ3v) is 10.2. The number of halogens is 1. The van der Waals surface area contributed by atoms with Crippen molar-refractivity contribution in [1.82, 2.24) is 4.90 Å². The largest absolute Gasteiger partial charge is 0.447 e. The SMILES string of the molecule is C[C@H]1[C@H]([Si](C)(C)F)[C@@H](CC(=O)N2CCC[C@H]2CO)O[C@H]1CCc1ccc(N2CCOC2=O)cc1. The molecule has 0 unspecified atom stereocenters. The summed E-state index contributed by atoms with van der Waals surface area (Å²) >= 11 is 0. The zero-order valence-electron chi connectivity index (χ0n) is 20.4. The van der Waals surface area contributed by atoms with Crippen LogP contribution in [0.15, 0.2) is 24.3 Å². The van der Waals surface area contributed by atoms with Gasteiger partial charge in [0.1, 0.15) is 6.61 Å². The van der Waals surface area contributed by atoms with Gasteiger partial charge in [0.2, 0.25) is 14.3 Å². The third-order valence-electron chi connectivity index (χ3n) is 7.71. The van der Waals surface area contributed by atoms with Crippen molar-refractivity contribution in [3.05, 3.63) is 29.8 Å². The van der Waals surface area contributed by atoms with E-state index in [4.69, 9.17) is 9.47 Å². The molecule has 0 bridgehead atoms. The molecule has 9 heteroatoms. The predicted molar refractivity (Wildman–Crippen MR) is 130 cm³/mol. The minimum absolute atomic E-state index is 0.0270. The molecule has 0 saturated carbocycles. The van der Waals surface area contributed by atoms with Gasteiger partial charge >= 0.3 is 6.09 Å². The van der Waals surface area contributed by atoms with E-state index in [9.17, 15) is 14.7 Å². The zero-order chi connectivity index (χ0) is 24.5. The molecule has 1 aromatic rings. The number of aliphatic hydroxyl groups excluding tert-OH is 1. The predicted octanol–water partition coefficient (Wildman–Crippen LogP) is 3.90. The number of cyclic esters (lactones) is 1. The Hall–Kier alpha value is -1.97. The lowest BCUT2D eigenvalue weighted by Crippen LogP contribution is -2.42. The van der Waals surface area contributed by atoms with Crippen LogP contribution in [0.2, 0.25) is 18.6 Å². The van der Waals surface area contributed by atoms with Crippen molar-refractivity contribution in [2.45, 2.75) is 75.9 Å². The summed E-state index contributed by atoms with van der Waals surface area (Å²) in [6, 6.07) is 7.75. The van der Waals surface area contributed by atoms with Gasteiger partial charge in [-0.25, -0.2) is 4.79 Å². The fourth-order valence-electron chi connectivity index (χ4n) is 6.00. The van der Waals surface area contributed by atoms with Crippen LogP contribution in [0, 0.1) is 5.92 Å². The number of anilines is 1. The van der Waals surface area contributed by atoms with E-state index >= 15 is 4.11 Å². The smallest absolute Gasteiger partial charge is 0.414 e. The summed E-state index contributed by atoms with van der Waals surface area (Å²) in [5.41, 5.74) is 1.71. The van der Waals surface area contributed by atoms with Crippen molar-refractivity contribution in [2.24, 2.45) is 5.92 Å². The average Bonchev–Trinajstić information content (AvgIpc) is 3.51. The molecule has 0 radical (unpaired) electrons. The number of hydrogen-bond donors (Lipinski definition) is 1. The summed E-state index contributed by atoms with van der Waals surface area (Å²) in [6.45, 7) is 7.09. The Balaban J connectivity index is 1.38. The first-order chi connectivity index (χ1) is 16.2. The molecule has 1 N–H and O–H groups in total. The van der Waals surface area contributed by atoms with Crippen LogP contribution in [0.4, 0.5) is 14.6 Å². The Labute approximate surface area is 202 Å². The second-order valence-electron chi connectivity index (χ2n) is 10.4. The summed E-state index contributed by atoms with van der Waals surface area (Å²) < 4.78 is 26.7. The van der Waals surface area contributed by atoms with Crippen LogP contribution in [0.1, 0.15) is 38.2 Å². The Morgan fingerprint density at radius 3 is 2.56 bits per heavy atom. The lowest BCUT2D eigenvalue weighted by atomic mass is 9.95. The first kappa shape index (κ1) is 25.1. The summed E-state index contributed by atoms with van der Waals surface area (Å²) in [5, 5.41) is 9.58. The third kappa shape index (κ3) is 5.31. The number of benzene rings is 1. The zero-order valence-corrected chi connectivity index (χ0v) is 21.4. The van der Waals surface area contributed by atoms with Gasteiger partial charge in [0.15, 0.2) is 0 Å². The maximum absolute atomic E-state index is 15.4. The van der Waals surface area contributed by atoms with Crippen molar-refractivity contribution >= 4 is 26.1 Å². The van der Waals surface area contributed by atoms with E-state index in [1.165, 1.54) is 0 Å². The van der Waals surface area contributed by atoms with Gasteiger partial charge in [0.05, 0.1) is 37.8 Å². The van der Waals surface area contributed by atoms with Crippen molar-refractivity contribution < 1.29 is 28.3 Å². The van der Waals surface area contributed by atoms with Crippen LogP contribution in [0.3, 0.4) is 0 Å². The van der Waals surface area contributed by atoms with Crippen molar-refractivity contribution in [3.8, 4) is 0 Å². The summed E-state index contributed by atoms with van der Waals surface area (Å²) in [7, 11) is -3.06. The summed E-state index contributed by atoms with van der Waals surface area (Å²) in [5.74, 6) is 0.00371. The summed E-state index contributed by atoms with van der Waals surface area (Å²) in [6.07, 6.45) is 2.59. The van der Waals surface area contributed by atoms with Crippen LogP contribution in [0.25, 0.3) is 0 Å².